The lowest BCUT2D eigenvalue weighted by molar-refractivity contribution is 0.292. The SMILES string of the molecule is Cc1ccc(OCCn2cccn2)c([B-](F)(F)F)c1. The highest BCUT2D eigenvalue weighted by Crippen LogP contribution is 2.19. The molecule has 2 rings (SSSR count). The summed E-state index contributed by atoms with van der Waals surface area (Å²) in [5.41, 5.74) is -0.117. The molecule has 0 amide bonds. The second-order valence-electron chi connectivity index (χ2n) is 4.23. The van der Waals surface area contributed by atoms with Crippen molar-refractivity contribution >= 4 is 12.4 Å². The van der Waals surface area contributed by atoms with Gasteiger partial charge in [-0.05, 0) is 19.1 Å². The maximum atomic E-state index is 12.9. The summed E-state index contributed by atoms with van der Waals surface area (Å²) in [6, 6.07) is 5.83. The van der Waals surface area contributed by atoms with Crippen LogP contribution in [0.2, 0.25) is 0 Å². The van der Waals surface area contributed by atoms with Gasteiger partial charge < -0.3 is 17.7 Å². The van der Waals surface area contributed by atoms with E-state index in [0.717, 1.165) is 6.07 Å². The van der Waals surface area contributed by atoms with Gasteiger partial charge in [-0.3, -0.25) is 4.68 Å². The van der Waals surface area contributed by atoms with Crippen LogP contribution in [0.1, 0.15) is 5.56 Å². The second kappa shape index (κ2) is 5.38. The molecular formula is C12H13BF3N2O-. The van der Waals surface area contributed by atoms with Gasteiger partial charge in [-0.2, -0.15) is 5.10 Å². The Balaban J connectivity index is 2.07. The molecule has 1 heterocycles. The Morgan fingerprint density at radius 1 is 1.32 bits per heavy atom. The summed E-state index contributed by atoms with van der Waals surface area (Å²) in [5, 5.41) is 3.95. The van der Waals surface area contributed by atoms with Crippen LogP contribution in [0.3, 0.4) is 0 Å². The molecule has 102 valence electrons. The van der Waals surface area contributed by atoms with Crippen molar-refractivity contribution in [3.63, 3.8) is 0 Å². The molecule has 2 aromatic rings. The van der Waals surface area contributed by atoms with Gasteiger partial charge >= 0.3 is 6.98 Å². The average molecular weight is 269 g/mol. The summed E-state index contributed by atoms with van der Waals surface area (Å²) in [4.78, 5) is 0. The molecule has 0 spiro atoms. The molecule has 0 N–H and O–H groups in total. The number of aromatic nitrogens is 2. The van der Waals surface area contributed by atoms with Crippen molar-refractivity contribution in [2.75, 3.05) is 6.61 Å². The third-order valence-electron chi connectivity index (χ3n) is 2.66. The summed E-state index contributed by atoms with van der Waals surface area (Å²) >= 11 is 0. The van der Waals surface area contributed by atoms with Crippen LogP contribution in [0.25, 0.3) is 0 Å². The molecule has 7 heteroatoms. The van der Waals surface area contributed by atoms with Crippen LogP contribution >= 0.6 is 0 Å². The van der Waals surface area contributed by atoms with Crippen molar-refractivity contribution in [3.8, 4) is 5.75 Å². The molecule has 0 aliphatic rings. The Bertz CT molecular complexity index is 540. The zero-order chi connectivity index (χ0) is 13.9. The molecule has 0 saturated carbocycles. The predicted octanol–water partition coefficient (Wildman–Crippen LogP) is 2.32. The molecule has 3 nitrogen and oxygen atoms in total. The molecule has 0 radical (unpaired) electrons. The fourth-order valence-corrected chi connectivity index (χ4v) is 1.74. The van der Waals surface area contributed by atoms with Gasteiger partial charge in [-0.25, -0.2) is 0 Å². The molecule has 0 aliphatic carbocycles. The number of hydrogen-bond donors (Lipinski definition) is 0. The first-order valence-corrected chi connectivity index (χ1v) is 5.87. The van der Waals surface area contributed by atoms with Gasteiger partial charge in [0.25, 0.3) is 0 Å². The Morgan fingerprint density at radius 3 is 2.74 bits per heavy atom. The minimum absolute atomic E-state index is 0.120. The van der Waals surface area contributed by atoms with Crippen molar-refractivity contribution < 1.29 is 17.7 Å². The third kappa shape index (κ3) is 3.53. The van der Waals surface area contributed by atoms with E-state index < -0.39 is 12.4 Å². The van der Waals surface area contributed by atoms with E-state index in [-0.39, 0.29) is 12.4 Å². The molecule has 19 heavy (non-hydrogen) atoms. The van der Waals surface area contributed by atoms with E-state index in [9.17, 15) is 12.9 Å². The van der Waals surface area contributed by atoms with Crippen molar-refractivity contribution in [3.05, 3.63) is 42.2 Å². The van der Waals surface area contributed by atoms with E-state index >= 15 is 0 Å². The van der Waals surface area contributed by atoms with E-state index in [1.165, 1.54) is 6.07 Å². The molecule has 0 atom stereocenters. The van der Waals surface area contributed by atoms with E-state index in [4.69, 9.17) is 4.74 Å². The molecule has 0 saturated heterocycles. The molecule has 1 aromatic carbocycles. The topological polar surface area (TPSA) is 27.1 Å². The lowest BCUT2D eigenvalue weighted by atomic mass is 9.78. The van der Waals surface area contributed by atoms with Gasteiger partial charge in [-0.1, -0.05) is 23.2 Å². The van der Waals surface area contributed by atoms with Crippen molar-refractivity contribution in [1.29, 1.82) is 0 Å². The first kappa shape index (κ1) is 13.5. The van der Waals surface area contributed by atoms with Crippen LogP contribution < -0.4 is 10.2 Å². The Kier molecular flexibility index (Phi) is 3.83. The minimum atomic E-state index is -5.07. The highest BCUT2D eigenvalue weighted by molar-refractivity contribution is 6.74. The lowest BCUT2D eigenvalue weighted by Gasteiger charge is -2.20. The van der Waals surface area contributed by atoms with Gasteiger partial charge in [0.05, 0.1) is 12.3 Å². The van der Waals surface area contributed by atoms with Crippen LogP contribution in [0, 0.1) is 6.92 Å². The molecule has 0 aliphatic heterocycles. The van der Waals surface area contributed by atoms with Gasteiger partial charge in [-0.15, -0.1) is 0 Å². The van der Waals surface area contributed by atoms with Crippen molar-refractivity contribution in [1.82, 2.24) is 9.78 Å². The van der Waals surface area contributed by atoms with E-state index in [1.54, 1.807) is 36.1 Å². The van der Waals surface area contributed by atoms with Crippen LogP contribution in [0.4, 0.5) is 12.9 Å². The molecule has 0 unspecified atom stereocenters. The maximum Gasteiger partial charge on any atom is 0.513 e. The molecule has 1 aromatic heterocycles. The summed E-state index contributed by atoms with van der Waals surface area (Å²) in [6.07, 6.45) is 3.34. The number of hydrogen-bond acceptors (Lipinski definition) is 2. The number of rotatable bonds is 5. The Morgan fingerprint density at radius 2 is 2.11 bits per heavy atom. The largest absolute Gasteiger partial charge is 0.513 e. The number of ether oxygens (including phenoxy) is 1. The minimum Gasteiger partial charge on any atom is -0.495 e. The zero-order valence-corrected chi connectivity index (χ0v) is 10.4. The standard InChI is InChI=1S/C12H13BF3N2O/c1-10-3-4-12(11(9-10)13(14,15)16)19-8-7-18-6-2-5-17-18/h2-6,9H,7-8H2,1H3/q-1. The van der Waals surface area contributed by atoms with Crippen LogP contribution in [-0.4, -0.2) is 23.4 Å². The van der Waals surface area contributed by atoms with Gasteiger partial charge in [0.1, 0.15) is 6.61 Å². The number of halogens is 3. The summed E-state index contributed by atoms with van der Waals surface area (Å²) in [5.74, 6) is -0.120. The molecular weight excluding hydrogens is 256 g/mol. The monoisotopic (exact) mass is 269 g/mol. The Hall–Kier alpha value is -1.92. The van der Waals surface area contributed by atoms with Crippen molar-refractivity contribution in [2.45, 2.75) is 13.5 Å². The average Bonchev–Trinajstić information content (AvgIpc) is 2.83. The second-order valence-corrected chi connectivity index (χ2v) is 4.23. The number of aryl methyl sites for hydroxylation is 1. The van der Waals surface area contributed by atoms with Crippen LogP contribution in [0.15, 0.2) is 36.7 Å². The number of benzene rings is 1. The zero-order valence-electron chi connectivity index (χ0n) is 10.4. The fraction of sp³-hybridized carbons (Fsp3) is 0.250. The maximum absolute atomic E-state index is 12.9. The summed E-state index contributed by atoms with van der Waals surface area (Å²) in [6.45, 7) is -2.89. The van der Waals surface area contributed by atoms with Crippen LogP contribution in [-0.2, 0) is 6.54 Å². The highest BCUT2D eigenvalue weighted by Gasteiger charge is 2.29. The molecule has 0 bridgehead atoms. The summed E-state index contributed by atoms with van der Waals surface area (Å²) in [7, 11) is 0. The quantitative estimate of drug-likeness (QED) is 0.779. The van der Waals surface area contributed by atoms with Gasteiger partial charge in [0.2, 0.25) is 0 Å². The predicted molar refractivity (Wildman–Crippen MR) is 67.6 cm³/mol. The lowest BCUT2D eigenvalue weighted by Crippen LogP contribution is -2.35. The Labute approximate surface area is 109 Å². The summed E-state index contributed by atoms with van der Waals surface area (Å²) < 4.78 is 45.5. The third-order valence-corrected chi connectivity index (χ3v) is 2.66. The fourth-order valence-electron chi connectivity index (χ4n) is 1.74. The number of nitrogens with zero attached hydrogens (tertiary/aromatic N) is 2. The normalized spacial score (nSPS) is 11.6. The molecule has 0 fully saturated rings. The smallest absolute Gasteiger partial charge is 0.495 e. The van der Waals surface area contributed by atoms with E-state index in [1.807, 2.05) is 0 Å². The van der Waals surface area contributed by atoms with Crippen molar-refractivity contribution in [2.24, 2.45) is 0 Å². The highest BCUT2D eigenvalue weighted by atomic mass is 19.4. The van der Waals surface area contributed by atoms with E-state index in [0.29, 0.717) is 12.1 Å². The van der Waals surface area contributed by atoms with Gasteiger partial charge in [0, 0.05) is 12.4 Å². The van der Waals surface area contributed by atoms with Crippen LogP contribution in [0.5, 0.6) is 5.75 Å². The first-order chi connectivity index (χ1) is 8.97. The van der Waals surface area contributed by atoms with Gasteiger partial charge in [0.15, 0.2) is 0 Å². The first-order valence-electron chi connectivity index (χ1n) is 5.87. The van der Waals surface area contributed by atoms with E-state index in [2.05, 4.69) is 5.10 Å².